The molecule has 0 spiro atoms. The van der Waals surface area contributed by atoms with E-state index in [-0.39, 0.29) is 12.1 Å². The number of nitrogens with zero attached hydrogens (tertiary/aromatic N) is 1. The molecule has 0 radical (unpaired) electrons. The summed E-state index contributed by atoms with van der Waals surface area (Å²) in [5, 5.41) is 8.51. The molecule has 3 nitrogen and oxygen atoms in total. The van der Waals surface area contributed by atoms with Crippen LogP contribution in [-0.4, -0.2) is 17.6 Å². The minimum atomic E-state index is 0.187. The maximum atomic E-state index is 6.29. The number of hydrogen-bond donors (Lipinski definition) is 2. The number of rotatable bonds is 2. The normalized spacial score (nSPS) is 26.5. The van der Waals surface area contributed by atoms with Gasteiger partial charge in [0.05, 0.1) is 21.8 Å². The molecule has 20 heavy (non-hydrogen) atoms. The van der Waals surface area contributed by atoms with Crippen LogP contribution in [0, 0.1) is 0 Å². The van der Waals surface area contributed by atoms with Gasteiger partial charge in [-0.25, -0.2) is 0 Å². The van der Waals surface area contributed by atoms with E-state index in [2.05, 4.69) is 15.6 Å². The average molecular weight is 310 g/mol. The molecule has 2 aliphatic rings. The fourth-order valence-corrected chi connectivity index (χ4v) is 3.37. The molecule has 5 heteroatoms. The monoisotopic (exact) mass is 309 g/mol. The van der Waals surface area contributed by atoms with Gasteiger partial charge in [-0.15, -0.1) is 0 Å². The van der Waals surface area contributed by atoms with E-state index in [1.807, 2.05) is 24.3 Å². The second-order valence-electron chi connectivity index (χ2n) is 5.12. The van der Waals surface area contributed by atoms with Crippen LogP contribution < -0.4 is 10.6 Å². The smallest absolute Gasteiger partial charge is 0.0759 e. The number of allylic oxidation sites excluding steroid dienone is 2. The highest BCUT2D eigenvalue weighted by atomic mass is 35.5. The van der Waals surface area contributed by atoms with Gasteiger partial charge in [-0.05, 0) is 37.5 Å². The largest absolute Gasteiger partial charge is 0.382 e. The highest BCUT2D eigenvalue weighted by Crippen LogP contribution is 2.31. The quantitative estimate of drug-likeness (QED) is 0.877. The first kappa shape index (κ1) is 13.9. The van der Waals surface area contributed by atoms with Crippen molar-refractivity contribution < 1.29 is 0 Å². The molecule has 1 aromatic rings. The summed E-state index contributed by atoms with van der Waals surface area (Å²) in [6, 6.07) is 4.18. The van der Waals surface area contributed by atoms with E-state index in [0.29, 0.717) is 0 Å². The van der Waals surface area contributed by atoms with Crippen LogP contribution in [0.2, 0.25) is 5.02 Å². The lowest BCUT2D eigenvalue weighted by molar-refractivity contribution is 0.339. The Morgan fingerprint density at radius 2 is 2.05 bits per heavy atom. The minimum absolute atomic E-state index is 0.187. The van der Waals surface area contributed by atoms with Crippen LogP contribution in [-0.2, 0) is 0 Å². The van der Waals surface area contributed by atoms with Crippen LogP contribution in [0.4, 0.5) is 0 Å². The molecule has 0 aliphatic carbocycles. The van der Waals surface area contributed by atoms with E-state index in [1.165, 1.54) is 0 Å². The van der Waals surface area contributed by atoms with E-state index in [4.69, 9.17) is 23.2 Å². The van der Waals surface area contributed by atoms with Crippen molar-refractivity contribution >= 4 is 23.2 Å². The summed E-state index contributed by atoms with van der Waals surface area (Å²) >= 11 is 12.5. The van der Waals surface area contributed by atoms with Gasteiger partial charge in [0.1, 0.15) is 0 Å². The van der Waals surface area contributed by atoms with Crippen molar-refractivity contribution in [2.45, 2.75) is 31.3 Å². The van der Waals surface area contributed by atoms with E-state index >= 15 is 0 Å². The molecule has 2 aliphatic heterocycles. The van der Waals surface area contributed by atoms with Crippen molar-refractivity contribution in [1.82, 2.24) is 15.6 Å². The van der Waals surface area contributed by atoms with Crippen molar-refractivity contribution in [2.24, 2.45) is 0 Å². The summed E-state index contributed by atoms with van der Waals surface area (Å²) in [6.07, 6.45) is 9.05. The molecular formula is C15H17Cl2N3. The Kier molecular flexibility index (Phi) is 4.29. The number of hydrogen-bond acceptors (Lipinski definition) is 3. The average Bonchev–Trinajstić information content (AvgIpc) is 2.48. The summed E-state index contributed by atoms with van der Waals surface area (Å²) < 4.78 is 0. The van der Waals surface area contributed by atoms with Gasteiger partial charge >= 0.3 is 0 Å². The second-order valence-corrected chi connectivity index (χ2v) is 5.93. The SMILES string of the molecule is ClC1=C(C2CCCC(c3ncccc3Cl)N2)NCC=C1. The number of pyridine rings is 1. The summed E-state index contributed by atoms with van der Waals surface area (Å²) in [5.41, 5.74) is 2.02. The summed E-state index contributed by atoms with van der Waals surface area (Å²) in [4.78, 5) is 4.42. The Morgan fingerprint density at radius 3 is 2.85 bits per heavy atom. The fourth-order valence-electron chi connectivity index (χ4n) is 2.83. The Labute approximate surface area is 129 Å². The van der Waals surface area contributed by atoms with Crippen LogP contribution in [0.25, 0.3) is 0 Å². The maximum absolute atomic E-state index is 6.29. The number of aromatic nitrogens is 1. The lowest BCUT2D eigenvalue weighted by Crippen LogP contribution is -2.43. The number of nitrogens with one attached hydrogen (secondary N) is 2. The predicted octanol–water partition coefficient (Wildman–Crippen LogP) is 3.53. The molecule has 2 unspecified atom stereocenters. The summed E-state index contributed by atoms with van der Waals surface area (Å²) in [7, 11) is 0. The first-order valence-corrected chi connectivity index (χ1v) is 7.68. The van der Waals surface area contributed by atoms with Crippen LogP contribution in [0.3, 0.4) is 0 Å². The molecule has 2 N–H and O–H groups in total. The zero-order valence-corrected chi connectivity index (χ0v) is 12.6. The van der Waals surface area contributed by atoms with E-state index < -0.39 is 0 Å². The molecule has 0 amide bonds. The second kappa shape index (κ2) is 6.17. The number of dihydropyridines is 1. The van der Waals surface area contributed by atoms with Crippen LogP contribution >= 0.6 is 23.2 Å². The van der Waals surface area contributed by atoms with Crippen molar-refractivity contribution in [3.63, 3.8) is 0 Å². The van der Waals surface area contributed by atoms with Crippen molar-refractivity contribution in [1.29, 1.82) is 0 Å². The fraction of sp³-hybridized carbons (Fsp3) is 0.400. The standard InChI is InChI=1S/C15H17Cl2N3/c16-10-4-2-8-18-14(10)12-6-1-7-13(20-12)15-11(17)5-3-9-19-15/h2-5,8,12-13,19-20H,1,6-7,9H2. The lowest BCUT2D eigenvalue weighted by atomic mass is 9.93. The third kappa shape index (κ3) is 2.85. The Bertz CT molecular complexity index is 554. The molecule has 3 heterocycles. The highest BCUT2D eigenvalue weighted by molar-refractivity contribution is 6.31. The van der Waals surface area contributed by atoms with Gasteiger partial charge in [0.25, 0.3) is 0 Å². The van der Waals surface area contributed by atoms with Gasteiger partial charge in [-0.1, -0.05) is 29.3 Å². The topological polar surface area (TPSA) is 37.0 Å². The summed E-state index contributed by atoms with van der Waals surface area (Å²) in [6.45, 7) is 0.832. The number of halogens is 2. The molecule has 0 saturated carbocycles. The Morgan fingerprint density at radius 1 is 1.20 bits per heavy atom. The van der Waals surface area contributed by atoms with Crippen LogP contribution in [0.5, 0.6) is 0 Å². The predicted molar refractivity (Wildman–Crippen MR) is 82.8 cm³/mol. The third-order valence-electron chi connectivity index (χ3n) is 3.79. The Balaban J connectivity index is 1.81. The van der Waals surface area contributed by atoms with E-state index in [1.54, 1.807) is 6.20 Å². The van der Waals surface area contributed by atoms with E-state index in [9.17, 15) is 0 Å². The molecule has 2 atom stereocenters. The molecule has 3 rings (SSSR count). The van der Waals surface area contributed by atoms with Crippen molar-refractivity contribution in [2.75, 3.05) is 6.54 Å². The van der Waals surface area contributed by atoms with Gasteiger partial charge < -0.3 is 10.6 Å². The third-order valence-corrected chi connectivity index (χ3v) is 4.43. The van der Waals surface area contributed by atoms with Gasteiger partial charge in [0, 0.05) is 24.5 Å². The minimum Gasteiger partial charge on any atom is -0.382 e. The number of piperidine rings is 1. The zero-order valence-electron chi connectivity index (χ0n) is 11.1. The first-order chi connectivity index (χ1) is 9.75. The molecule has 0 bridgehead atoms. The van der Waals surface area contributed by atoms with E-state index in [0.717, 1.165) is 47.3 Å². The maximum Gasteiger partial charge on any atom is 0.0759 e. The van der Waals surface area contributed by atoms with Gasteiger partial charge in [0.2, 0.25) is 0 Å². The molecule has 1 fully saturated rings. The van der Waals surface area contributed by atoms with Crippen molar-refractivity contribution in [3.8, 4) is 0 Å². The van der Waals surface area contributed by atoms with Gasteiger partial charge in [-0.2, -0.15) is 0 Å². The van der Waals surface area contributed by atoms with Gasteiger partial charge in [0.15, 0.2) is 0 Å². The molecule has 106 valence electrons. The molecule has 1 aromatic heterocycles. The first-order valence-electron chi connectivity index (χ1n) is 6.92. The van der Waals surface area contributed by atoms with Crippen molar-refractivity contribution in [3.05, 3.63) is 51.9 Å². The van der Waals surface area contributed by atoms with Crippen LogP contribution in [0.1, 0.15) is 31.0 Å². The highest BCUT2D eigenvalue weighted by Gasteiger charge is 2.28. The summed E-state index contributed by atoms with van der Waals surface area (Å²) in [5.74, 6) is 0. The molecule has 1 saturated heterocycles. The van der Waals surface area contributed by atoms with Crippen LogP contribution in [0.15, 0.2) is 41.2 Å². The lowest BCUT2D eigenvalue weighted by Gasteiger charge is -2.34. The molecule has 0 aromatic carbocycles. The molecular weight excluding hydrogens is 293 g/mol. The zero-order chi connectivity index (χ0) is 13.9. The Hall–Kier alpha value is -1.03. The van der Waals surface area contributed by atoms with Gasteiger partial charge in [-0.3, -0.25) is 4.98 Å².